The lowest BCUT2D eigenvalue weighted by molar-refractivity contribution is -0.120. The molecule has 0 bridgehead atoms. The van der Waals surface area contributed by atoms with Crippen molar-refractivity contribution in [2.24, 2.45) is 0 Å². The second-order valence-corrected chi connectivity index (χ2v) is 3.85. The van der Waals surface area contributed by atoms with Crippen molar-refractivity contribution >= 4 is 5.91 Å². The molecule has 0 saturated heterocycles. The summed E-state index contributed by atoms with van der Waals surface area (Å²) in [5.41, 5.74) is 0.800. The van der Waals surface area contributed by atoms with E-state index < -0.39 is 0 Å². The third kappa shape index (κ3) is 4.93. The molecule has 1 aromatic heterocycles. The first kappa shape index (κ1) is 12.7. The van der Waals surface area contributed by atoms with Gasteiger partial charge in [-0.1, -0.05) is 18.5 Å². The third-order valence-corrected chi connectivity index (χ3v) is 2.21. The van der Waals surface area contributed by atoms with Gasteiger partial charge in [-0.2, -0.15) is 0 Å². The van der Waals surface area contributed by atoms with Crippen LogP contribution in [0, 0.1) is 0 Å². The van der Waals surface area contributed by atoms with Crippen LogP contribution in [0.25, 0.3) is 0 Å². The van der Waals surface area contributed by atoms with Crippen molar-refractivity contribution in [3.05, 3.63) is 18.0 Å². The SMILES string of the molecule is CCCC(C)NC(=O)CNCc1ccon1. The molecule has 0 radical (unpaired) electrons. The highest BCUT2D eigenvalue weighted by Gasteiger charge is 2.05. The maximum atomic E-state index is 11.4. The highest BCUT2D eigenvalue weighted by molar-refractivity contribution is 5.78. The Bertz CT molecular complexity index is 298. The molecule has 1 rings (SSSR count). The average Bonchev–Trinajstić information content (AvgIpc) is 2.70. The van der Waals surface area contributed by atoms with E-state index in [2.05, 4.69) is 27.2 Å². The Morgan fingerprint density at radius 3 is 3.06 bits per heavy atom. The van der Waals surface area contributed by atoms with Crippen LogP contribution in [0.3, 0.4) is 0 Å². The number of hydrogen-bond donors (Lipinski definition) is 2. The normalized spacial score (nSPS) is 12.4. The van der Waals surface area contributed by atoms with Crippen LogP contribution < -0.4 is 10.6 Å². The molecule has 0 saturated carbocycles. The number of nitrogens with zero attached hydrogens (tertiary/aromatic N) is 1. The van der Waals surface area contributed by atoms with E-state index >= 15 is 0 Å². The lowest BCUT2D eigenvalue weighted by Crippen LogP contribution is -2.38. The summed E-state index contributed by atoms with van der Waals surface area (Å²) >= 11 is 0. The molecule has 2 N–H and O–H groups in total. The Kier molecular flexibility index (Phi) is 5.56. The van der Waals surface area contributed by atoms with Crippen LogP contribution in [-0.4, -0.2) is 23.7 Å². The van der Waals surface area contributed by atoms with Crippen molar-refractivity contribution in [3.63, 3.8) is 0 Å². The first-order chi connectivity index (χ1) is 7.72. The number of nitrogens with one attached hydrogen (secondary N) is 2. The van der Waals surface area contributed by atoms with Gasteiger partial charge in [0, 0.05) is 18.7 Å². The summed E-state index contributed by atoms with van der Waals surface area (Å²) in [5, 5.41) is 9.65. The molecular formula is C11H19N3O2. The van der Waals surface area contributed by atoms with Gasteiger partial charge in [-0.15, -0.1) is 0 Å². The molecule has 1 heterocycles. The average molecular weight is 225 g/mol. The molecule has 90 valence electrons. The van der Waals surface area contributed by atoms with Gasteiger partial charge < -0.3 is 15.2 Å². The van der Waals surface area contributed by atoms with Gasteiger partial charge in [0.25, 0.3) is 0 Å². The fourth-order valence-electron chi connectivity index (χ4n) is 1.46. The van der Waals surface area contributed by atoms with E-state index in [0.29, 0.717) is 13.1 Å². The molecule has 0 aliphatic heterocycles. The number of amides is 1. The van der Waals surface area contributed by atoms with E-state index in [1.807, 2.05) is 6.92 Å². The van der Waals surface area contributed by atoms with E-state index in [1.54, 1.807) is 6.07 Å². The van der Waals surface area contributed by atoms with Crippen molar-refractivity contribution in [1.82, 2.24) is 15.8 Å². The molecule has 16 heavy (non-hydrogen) atoms. The van der Waals surface area contributed by atoms with Crippen molar-refractivity contribution in [1.29, 1.82) is 0 Å². The van der Waals surface area contributed by atoms with Gasteiger partial charge in [0.05, 0.1) is 12.2 Å². The zero-order valence-electron chi connectivity index (χ0n) is 9.82. The van der Waals surface area contributed by atoms with Gasteiger partial charge in [0.2, 0.25) is 5.91 Å². The van der Waals surface area contributed by atoms with Gasteiger partial charge in [-0.25, -0.2) is 0 Å². The van der Waals surface area contributed by atoms with Crippen molar-refractivity contribution in [2.75, 3.05) is 6.54 Å². The Morgan fingerprint density at radius 2 is 2.44 bits per heavy atom. The summed E-state index contributed by atoms with van der Waals surface area (Å²) in [6.45, 7) is 4.97. The number of carbonyl (C=O) groups is 1. The Morgan fingerprint density at radius 1 is 1.62 bits per heavy atom. The van der Waals surface area contributed by atoms with Crippen molar-refractivity contribution < 1.29 is 9.32 Å². The maximum absolute atomic E-state index is 11.4. The second kappa shape index (κ2) is 7.00. The fraction of sp³-hybridized carbons (Fsp3) is 0.636. The minimum absolute atomic E-state index is 0.0180. The van der Waals surface area contributed by atoms with E-state index in [1.165, 1.54) is 6.26 Å². The van der Waals surface area contributed by atoms with E-state index in [-0.39, 0.29) is 11.9 Å². The van der Waals surface area contributed by atoms with Crippen LogP contribution in [0.1, 0.15) is 32.4 Å². The third-order valence-electron chi connectivity index (χ3n) is 2.21. The fourth-order valence-corrected chi connectivity index (χ4v) is 1.46. The molecule has 0 aromatic carbocycles. The van der Waals surface area contributed by atoms with E-state index in [0.717, 1.165) is 18.5 Å². The molecule has 0 fully saturated rings. The molecule has 1 atom stereocenters. The topological polar surface area (TPSA) is 67.2 Å². The van der Waals surface area contributed by atoms with Crippen LogP contribution in [-0.2, 0) is 11.3 Å². The quantitative estimate of drug-likeness (QED) is 0.728. The predicted octanol–water partition coefficient (Wildman–Crippen LogP) is 1.07. The highest BCUT2D eigenvalue weighted by atomic mass is 16.5. The number of hydrogen-bond acceptors (Lipinski definition) is 4. The summed E-state index contributed by atoms with van der Waals surface area (Å²) in [6, 6.07) is 2.01. The zero-order chi connectivity index (χ0) is 11.8. The van der Waals surface area contributed by atoms with E-state index in [4.69, 9.17) is 0 Å². The predicted molar refractivity (Wildman–Crippen MR) is 60.7 cm³/mol. The van der Waals surface area contributed by atoms with Gasteiger partial charge in [0.1, 0.15) is 6.26 Å². The molecule has 5 heteroatoms. The summed E-state index contributed by atoms with van der Waals surface area (Å²) < 4.78 is 4.68. The van der Waals surface area contributed by atoms with Crippen LogP contribution >= 0.6 is 0 Å². The molecular weight excluding hydrogens is 206 g/mol. The Hall–Kier alpha value is -1.36. The number of rotatable bonds is 7. The number of aromatic nitrogens is 1. The summed E-state index contributed by atoms with van der Waals surface area (Å²) in [7, 11) is 0. The Balaban J connectivity index is 2.10. The minimum Gasteiger partial charge on any atom is -0.364 e. The summed E-state index contributed by atoms with van der Waals surface area (Å²) in [4.78, 5) is 11.4. The molecule has 5 nitrogen and oxygen atoms in total. The van der Waals surface area contributed by atoms with Crippen LogP contribution in [0.2, 0.25) is 0 Å². The highest BCUT2D eigenvalue weighted by Crippen LogP contribution is 1.94. The van der Waals surface area contributed by atoms with Crippen LogP contribution in [0.15, 0.2) is 16.9 Å². The summed E-state index contributed by atoms with van der Waals surface area (Å²) in [6.07, 6.45) is 3.60. The van der Waals surface area contributed by atoms with E-state index in [9.17, 15) is 4.79 Å². The standard InChI is InChI=1S/C11H19N3O2/c1-3-4-9(2)13-11(15)8-12-7-10-5-6-16-14-10/h5-6,9,12H,3-4,7-8H2,1-2H3,(H,13,15). The molecule has 0 aliphatic carbocycles. The van der Waals surface area contributed by atoms with Crippen LogP contribution in [0.5, 0.6) is 0 Å². The monoisotopic (exact) mass is 225 g/mol. The molecule has 1 amide bonds. The number of carbonyl (C=O) groups excluding carboxylic acids is 1. The molecule has 1 aromatic rings. The maximum Gasteiger partial charge on any atom is 0.234 e. The van der Waals surface area contributed by atoms with Gasteiger partial charge in [-0.05, 0) is 13.3 Å². The smallest absolute Gasteiger partial charge is 0.234 e. The van der Waals surface area contributed by atoms with Gasteiger partial charge in [-0.3, -0.25) is 4.79 Å². The van der Waals surface area contributed by atoms with Gasteiger partial charge in [0.15, 0.2) is 0 Å². The van der Waals surface area contributed by atoms with Crippen molar-refractivity contribution in [3.8, 4) is 0 Å². The molecule has 0 spiro atoms. The van der Waals surface area contributed by atoms with Crippen molar-refractivity contribution in [2.45, 2.75) is 39.3 Å². The molecule has 1 unspecified atom stereocenters. The lowest BCUT2D eigenvalue weighted by atomic mass is 10.2. The van der Waals surface area contributed by atoms with Gasteiger partial charge >= 0.3 is 0 Å². The first-order valence-corrected chi connectivity index (χ1v) is 5.61. The zero-order valence-corrected chi connectivity index (χ0v) is 9.82. The van der Waals surface area contributed by atoms with Crippen LogP contribution in [0.4, 0.5) is 0 Å². The lowest BCUT2D eigenvalue weighted by Gasteiger charge is -2.12. The summed E-state index contributed by atoms with van der Waals surface area (Å²) in [5.74, 6) is 0.0180. The minimum atomic E-state index is 0.0180. The second-order valence-electron chi connectivity index (χ2n) is 3.85. The first-order valence-electron chi connectivity index (χ1n) is 5.61. The molecule has 0 aliphatic rings. The largest absolute Gasteiger partial charge is 0.364 e. The Labute approximate surface area is 95.6 Å².